The highest BCUT2D eigenvalue weighted by molar-refractivity contribution is 5.67. The maximum absolute atomic E-state index is 10.8. The second-order valence-corrected chi connectivity index (χ2v) is 2.99. The third kappa shape index (κ3) is 2.11. The normalized spacial score (nSPS) is 13.8. The third-order valence-electron chi connectivity index (χ3n) is 1.78. The molecule has 3 nitrogen and oxygen atoms in total. The molecule has 0 saturated carbocycles. The van der Waals surface area contributed by atoms with Crippen LogP contribution in [0.1, 0.15) is 19.5 Å². The van der Waals surface area contributed by atoms with Gasteiger partial charge in [-0.3, -0.25) is 9.78 Å². The van der Waals surface area contributed by atoms with Gasteiger partial charge in [0.15, 0.2) is 0 Å². The van der Waals surface area contributed by atoms with Crippen molar-refractivity contribution in [1.29, 1.82) is 0 Å². The van der Waals surface area contributed by atoms with E-state index < -0.39 is 11.6 Å². The molecule has 0 aliphatic heterocycles. The molecule has 0 bridgehead atoms. The molecule has 0 spiro atoms. The number of terminal acetylenes is 1. The van der Waals surface area contributed by atoms with Gasteiger partial charge in [0.05, 0.1) is 5.69 Å². The molecule has 0 radical (unpaired) electrons. The Bertz CT molecular complexity index is 367. The number of ether oxygens (including phenoxy) is 1. The van der Waals surface area contributed by atoms with Gasteiger partial charge in [0.1, 0.15) is 0 Å². The molecule has 0 N–H and O–H groups in total. The summed E-state index contributed by atoms with van der Waals surface area (Å²) < 4.78 is 5.04. The van der Waals surface area contributed by atoms with Gasteiger partial charge >= 0.3 is 5.97 Å². The first-order valence-corrected chi connectivity index (χ1v) is 4.17. The summed E-state index contributed by atoms with van der Waals surface area (Å²) in [7, 11) is 0. The maximum Gasteiger partial charge on any atom is 0.304 e. The summed E-state index contributed by atoms with van der Waals surface area (Å²) in [5, 5.41) is 0. The zero-order valence-corrected chi connectivity index (χ0v) is 8.15. The summed E-state index contributed by atoms with van der Waals surface area (Å²) in [6.07, 6.45) is 6.93. The van der Waals surface area contributed by atoms with Crippen molar-refractivity contribution < 1.29 is 9.53 Å². The van der Waals surface area contributed by atoms with E-state index in [1.807, 2.05) is 0 Å². The van der Waals surface area contributed by atoms with Crippen LogP contribution in [-0.2, 0) is 15.1 Å². The molecule has 0 amide bonds. The number of rotatable bonds is 2. The van der Waals surface area contributed by atoms with E-state index in [-0.39, 0.29) is 0 Å². The second-order valence-electron chi connectivity index (χ2n) is 2.99. The molecule has 1 aromatic rings. The summed E-state index contributed by atoms with van der Waals surface area (Å²) >= 11 is 0. The smallest absolute Gasteiger partial charge is 0.304 e. The lowest BCUT2D eigenvalue weighted by molar-refractivity contribution is -0.151. The SMILES string of the molecule is C#C[C@@](C)(OC(C)=O)c1ccccn1. The van der Waals surface area contributed by atoms with E-state index in [1.165, 1.54) is 6.92 Å². The van der Waals surface area contributed by atoms with Crippen LogP contribution in [0.15, 0.2) is 24.4 Å². The molecule has 0 unspecified atom stereocenters. The van der Waals surface area contributed by atoms with E-state index >= 15 is 0 Å². The molecular formula is C11H11NO2. The molecule has 1 heterocycles. The summed E-state index contributed by atoms with van der Waals surface area (Å²) in [6.45, 7) is 2.95. The monoisotopic (exact) mass is 189 g/mol. The standard InChI is InChI=1S/C11H11NO2/c1-4-11(3,14-9(2)13)10-7-5-6-8-12-10/h1,5-8H,2-3H3/t11-/m1/s1. The first kappa shape index (κ1) is 10.3. The number of hydrogen-bond acceptors (Lipinski definition) is 3. The third-order valence-corrected chi connectivity index (χ3v) is 1.78. The van der Waals surface area contributed by atoms with E-state index in [0.29, 0.717) is 5.69 Å². The highest BCUT2D eigenvalue weighted by Gasteiger charge is 2.28. The van der Waals surface area contributed by atoms with Gasteiger partial charge in [0.2, 0.25) is 5.60 Å². The van der Waals surface area contributed by atoms with Gasteiger partial charge in [-0.1, -0.05) is 12.0 Å². The van der Waals surface area contributed by atoms with E-state index in [9.17, 15) is 4.79 Å². The number of hydrogen-bond donors (Lipinski definition) is 0. The lowest BCUT2D eigenvalue weighted by atomic mass is 10.0. The molecule has 0 aromatic carbocycles. The number of aromatic nitrogens is 1. The number of carbonyl (C=O) groups excluding carboxylic acids is 1. The van der Waals surface area contributed by atoms with Gasteiger partial charge < -0.3 is 4.74 Å². The van der Waals surface area contributed by atoms with Gasteiger partial charge in [0, 0.05) is 13.1 Å². The van der Waals surface area contributed by atoms with Crippen molar-refractivity contribution in [2.75, 3.05) is 0 Å². The largest absolute Gasteiger partial charge is 0.440 e. The van der Waals surface area contributed by atoms with Crippen molar-refractivity contribution in [3.8, 4) is 12.3 Å². The van der Waals surface area contributed by atoms with Gasteiger partial charge in [-0.2, -0.15) is 0 Å². The number of esters is 1. The van der Waals surface area contributed by atoms with Crippen molar-refractivity contribution in [2.45, 2.75) is 19.4 Å². The molecule has 0 fully saturated rings. The van der Waals surface area contributed by atoms with Crippen LogP contribution in [0.5, 0.6) is 0 Å². The average Bonchev–Trinajstić information content (AvgIpc) is 2.18. The van der Waals surface area contributed by atoms with Gasteiger partial charge in [0.25, 0.3) is 0 Å². The van der Waals surface area contributed by atoms with Crippen molar-refractivity contribution in [1.82, 2.24) is 4.98 Å². The average molecular weight is 189 g/mol. The Balaban J connectivity index is 3.03. The highest BCUT2D eigenvalue weighted by Crippen LogP contribution is 2.22. The van der Waals surface area contributed by atoms with Crippen LogP contribution >= 0.6 is 0 Å². The summed E-state index contributed by atoms with van der Waals surface area (Å²) in [5.41, 5.74) is -0.523. The van der Waals surface area contributed by atoms with Crippen LogP contribution in [0.2, 0.25) is 0 Å². The van der Waals surface area contributed by atoms with E-state index in [1.54, 1.807) is 31.3 Å². The first-order chi connectivity index (χ1) is 6.58. The quantitative estimate of drug-likeness (QED) is 0.522. The van der Waals surface area contributed by atoms with Gasteiger partial charge in [-0.25, -0.2) is 0 Å². The number of carbonyl (C=O) groups is 1. The Morgan fingerprint density at radius 3 is 2.79 bits per heavy atom. The van der Waals surface area contributed by atoms with E-state index in [2.05, 4.69) is 10.9 Å². The fourth-order valence-corrected chi connectivity index (χ4v) is 1.09. The van der Waals surface area contributed by atoms with Crippen molar-refractivity contribution in [2.24, 2.45) is 0 Å². The number of nitrogens with zero attached hydrogens (tertiary/aromatic N) is 1. The summed E-state index contributed by atoms with van der Waals surface area (Å²) in [5.74, 6) is 2.00. The molecule has 14 heavy (non-hydrogen) atoms. The number of pyridine rings is 1. The molecule has 0 aliphatic rings. The van der Waals surface area contributed by atoms with Gasteiger partial charge in [-0.15, -0.1) is 6.42 Å². The minimum atomic E-state index is -1.08. The summed E-state index contributed by atoms with van der Waals surface area (Å²) in [6, 6.07) is 5.29. The van der Waals surface area contributed by atoms with Crippen LogP contribution in [0, 0.1) is 12.3 Å². The lowest BCUT2D eigenvalue weighted by Gasteiger charge is -2.22. The lowest BCUT2D eigenvalue weighted by Crippen LogP contribution is -2.27. The predicted octanol–water partition coefficient (Wildman–Crippen LogP) is 1.49. The molecule has 0 saturated heterocycles. The summed E-state index contributed by atoms with van der Waals surface area (Å²) in [4.78, 5) is 14.9. The molecular weight excluding hydrogens is 178 g/mol. The van der Waals surface area contributed by atoms with Crippen LogP contribution in [-0.4, -0.2) is 11.0 Å². The Morgan fingerprint density at radius 1 is 1.64 bits per heavy atom. The highest BCUT2D eigenvalue weighted by atomic mass is 16.6. The zero-order chi connectivity index (χ0) is 10.6. The van der Waals surface area contributed by atoms with E-state index in [0.717, 1.165) is 0 Å². The Hall–Kier alpha value is -1.82. The fourth-order valence-electron chi connectivity index (χ4n) is 1.09. The molecule has 1 aromatic heterocycles. The Kier molecular flexibility index (Phi) is 2.88. The van der Waals surface area contributed by atoms with E-state index in [4.69, 9.17) is 11.2 Å². The minimum absolute atomic E-state index is 0.420. The van der Waals surface area contributed by atoms with Crippen LogP contribution < -0.4 is 0 Å². The van der Waals surface area contributed by atoms with Crippen molar-refractivity contribution in [3.05, 3.63) is 30.1 Å². The minimum Gasteiger partial charge on any atom is -0.440 e. The van der Waals surface area contributed by atoms with Crippen LogP contribution in [0.4, 0.5) is 0 Å². The molecule has 3 heteroatoms. The maximum atomic E-state index is 10.8. The van der Waals surface area contributed by atoms with Crippen molar-refractivity contribution >= 4 is 5.97 Å². The topological polar surface area (TPSA) is 39.2 Å². The van der Waals surface area contributed by atoms with Gasteiger partial charge in [-0.05, 0) is 19.1 Å². The second kappa shape index (κ2) is 3.93. The molecule has 1 atom stereocenters. The molecule has 72 valence electrons. The Labute approximate surface area is 83.1 Å². The fraction of sp³-hybridized carbons (Fsp3) is 0.273. The predicted molar refractivity (Wildman–Crippen MR) is 52.2 cm³/mol. The molecule has 1 rings (SSSR count). The first-order valence-electron chi connectivity index (χ1n) is 4.17. The van der Waals surface area contributed by atoms with Crippen molar-refractivity contribution in [3.63, 3.8) is 0 Å². The molecule has 0 aliphatic carbocycles. The zero-order valence-electron chi connectivity index (χ0n) is 8.15. The van der Waals surface area contributed by atoms with Crippen LogP contribution in [0.25, 0.3) is 0 Å². The van der Waals surface area contributed by atoms with Crippen LogP contribution in [0.3, 0.4) is 0 Å². The Morgan fingerprint density at radius 2 is 2.36 bits per heavy atom.